The van der Waals surface area contributed by atoms with Gasteiger partial charge in [-0.1, -0.05) is 0 Å². The van der Waals surface area contributed by atoms with Crippen LogP contribution in [0.5, 0.6) is 0 Å². The summed E-state index contributed by atoms with van der Waals surface area (Å²) in [7, 11) is 0. The van der Waals surface area contributed by atoms with Crippen LogP contribution in [0.25, 0.3) is 0 Å². The predicted molar refractivity (Wildman–Crippen MR) is 70.5 cm³/mol. The van der Waals surface area contributed by atoms with Gasteiger partial charge in [-0.2, -0.15) is 0 Å². The maximum atomic E-state index is 13.7. The molecule has 21 heavy (non-hydrogen) atoms. The van der Waals surface area contributed by atoms with Gasteiger partial charge >= 0.3 is 0 Å². The quantitative estimate of drug-likeness (QED) is 0.822. The van der Waals surface area contributed by atoms with E-state index in [1.54, 1.807) is 0 Å². The van der Waals surface area contributed by atoms with Crippen LogP contribution in [0.1, 0.15) is 10.4 Å². The molecule has 2 saturated heterocycles. The third-order valence-corrected chi connectivity index (χ3v) is 4.14. The van der Waals surface area contributed by atoms with Crippen molar-refractivity contribution in [1.29, 1.82) is 0 Å². The summed E-state index contributed by atoms with van der Waals surface area (Å²) in [6.07, 6.45) is 0. The summed E-state index contributed by atoms with van der Waals surface area (Å²) in [5, 5.41) is 3.19. The number of hydrogen-bond acceptors (Lipinski definition) is 3. The molecule has 0 aliphatic carbocycles. The molecule has 0 bridgehead atoms. The lowest BCUT2D eigenvalue weighted by atomic mass is 10.1. The van der Waals surface area contributed by atoms with Gasteiger partial charge in [0.05, 0.1) is 5.56 Å². The van der Waals surface area contributed by atoms with Gasteiger partial charge in [0, 0.05) is 45.3 Å². The third-order valence-electron chi connectivity index (χ3n) is 4.14. The first-order valence-corrected chi connectivity index (χ1v) is 6.95. The molecule has 1 aromatic rings. The molecule has 0 spiro atoms. The van der Waals surface area contributed by atoms with Crippen molar-refractivity contribution < 1.29 is 18.0 Å². The van der Waals surface area contributed by atoms with Crippen molar-refractivity contribution in [2.75, 3.05) is 39.3 Å². The van der Waals surface area contributed by atoms with Crippen molar-refractivity contribution in [3.05, 3.63) is 35.1 Å². The van der Waals surface area contributed by atoms with E-state index in [2.05, 4.69) is 10.2 Å². The van der Waals surface area contributed by atoms with Gasteiger partial charge in [-0.05, 0) is 12.1 Å². The van der Waals surface area contributed by atoms with Crippen molar-refractivity contribution in [2.45, 2.75) is 6.04 Å². The summed E-state index contributed by atoms with van der Waals surface area (Å²) in [5.41, 5.74) is -0.410. The van der Waals surface area contributed by atoms with E-state index in [-0.39, 0.29) is 0 Å². The van der Waals surface area contributed by atoms with Crippen molar-refractivity contribution >= 4 is 5.91 Å². The molecule has 2 aliphatic heterocycles. The van der Waals surface area contributed by atoms with Crippen molar-refractivity contribution in [2.24, 2.45) is 0 Å². The Balaban J connectivity index is 1.67. The summed E-state index contributed by atoms with van der Waals surface area (Å²) < 4.78 is 39.8. The number of nitrogens with one attached hydrogen (secondary N) is 1. The van der Waals surface area contributed by atoms with Gasteiger partial charge in [0.2, 0.25) is 0 Å². The average Bonchev–Trinajstić information content (AvgIpc) is 2.43. The molecule has 2 fully saturated rings. The van der Waals surface area contributed by atoms with Crippen molar-refractivity contribution in [3.63, 3.8) is 0 Å². The van der Waals surface area contributed by atoms with E-state index in [1.807, 2.05) is 0 Å². The Morgan fingerprint density at radius 3 is 2.29 bits per heavy atom. The standard InChI is InChI=1S/C14H16F3N3O/c15-11-2-1-10(12(16)13(11)17)14(21)20-5-3-19(4-6-20)9-7-18-8-9/h1-2,9,18H,3-8H2. The Kier molecular flexibility index (Phi) is 3.86. The fourth-order valence-corrected chi connectivity index (χ4v) is 2.68. The van der Waals surface area contributed by atoms with Crippen LogP contribution < -0.4 is 5.32 Å². The van der Waals surface area contributed by atoms with E-state index < -0.39 is 28.9 Å². The Morgan fingerprint density at radius 2 is 1.71 bits per heavy atom. The number of hydrogen-bond donors (Lipinski definition) is 1. The van der Waals surface area contributed by atoms with Crippen LogP contribution in [0.3, 0.4) is 0 Å². The zero-order valence-corrected chi connectivity index (χ0v) is 11.4. The highest BCUT2D eigenvalue weighted by atomic mass is 19.2. The summed E-state index contributed by atoms with van der Waals surface area (Å²) in [6, 6.07) is 2.28. The van der Waals surface area contributed by atoms with Crippen LogP contribution >= 0.6 is 0 Å². The molecule has 0 atom stereocenters. The highest BCUT2D eigenvalue weighted by Gasteiger charge is 2.30. The number of rotatable bonds is 2. The summed E-state index contributed by atoms with van der Waals surface area (Å²) in [6.45, 7) is 4.26. The molecule has 114 valence electrons. The van der Waals surface area contributed by atoms with Crippen LogP contribution in [0.15, 0.2) is 12.1 Å². The van der Waals surface area contributed by atoms with E-state index in [1.165, 1.54) is 4.90 Å². The highest BCUT2D eigenvalue weighted by Crippen LogP contribution is 2.18. The van der Waals surface area contributed by atoms with Gasteiger partial charge in [0.15, 0.2) is 17.5 Å². The summed E-state index contributed by atoms with van der Waals surface area (Å²) in [4.78, 5) is 16.0. The lowest BCUT2D eigenvalue weighted by Crippen LogP contribution is -2.62. The van der Waals surface area contributed by atoms with Crippen LogP contribution in [0.2, 0.25) is 0 Å². The first kappa shape index (κ1) is 14.3. The molecular formula is C14H16F3N3O. The largest absolute Gasteiger partial charge is 0.336 e. The maximum Gasteiger partial charge on any atom is 0.257 e. The van der Waals surface area contributed by atoms with Gasteiger partial charge in [-0.15, -0.1) is 0 Å². The Morgan fingerprint density at radius 1 is 1.05 bits per heavy atom. The molecule has 1 N–H and O–H groups in total. The van der Waals surface area contributed by atoms with Crippen LogP contribution in [0, 0.1) is 17.5 Å². The number of piperazine rings is 1. The lowest BCUT2D eigenvalue weighted by molar-refractivity contribution is 0.0497. The normalized spacial score (nSPS) is 20.4. The fourth-order valence-electron chi connectivity index (χ4n) is 2.68. The third kappa shape index (κ3) is 2.63. The van der Waals surface area contributed by atoms with Crippen LogP contribution in [-0.4, -0.2) is 61.0 Å². The first-order chi connectivity index (χ1) is 10.1. The Labute approximate surface area is 120 Å². The number of benzene rings is 1. The molecule has 1 amide bonds. The Hall–Kier alpha value is -1.60. The number of amides is 1. The molecule has 1 aromatic carbocycles. The molecule has 0 saturated carbocycles. The minimum Gasteiger partial charge on any atom is -0.336 e. The van der Waals surface area contributed by atoms with E-state index in [9.17, 15) is 18.0 Å². The number of carbonyl (C=O) groups excluding carboxylic acids is 1. The Bertz CT molecular complexity index is 555. The topological polar surface area (TPSA) is 35.6 Å². The second-order valence-corrected chi connectivity index (χ2v) is 5.36. The first-order valence-electron chi connectivity index (χ1n) is 6.95. The van der Waals surface area contributed by atoms with Crippen molar-refractivity contribution in [3.8, 4) is 0 Å². The van der Waals surface area contributed by atoms with E-state index >= 15 is 0 Å². The minimum atomic E-state index is -1.60. The zero-order chi connectivity index (χ0) is 15.0. The number of carbonyl (C=O) groups is 1. The van der Waals surface area contributed by atoms with Gasteiger partial charge in [0.1, 0.15) is 0 Å². The fraction of sp³-hybridized carbons (Fsp3) is 0.500. The molecule has 3 rings (SSSR count). The monoisotopic (exact) mass is 299 g/mol. The lowest BCUT2D eigenvalue weighted by Gasteiger charge is -2.43. The van der Waals surface area contributed by atoms with E-state index in [0.29, 0.717) is 32.2 Å². The average molecular weight is 299 g/mol. The second-order valence-electron chi connectivity index (χ2n) is 5.36. The molecule has 2 aliphatic rings. The van der Waals surface area contributed by atoms with Crippen LogP contribution in [0.4, 0.5) is 13.2 Å². The van der Waals surface area contributed by atoms with Gasteiger partial charge in [0.25, 0.3) is 5.91 Å². The van der Waals surface area contributed by atoms with E-state index in [4.69, 9.17) is 0 Å². The summed E-state index contributed by atoms with van der Waals surface area (Å²) in [5.74, 6) is -4.88. The number of nitrogens with zero attached hydrogens (tertiary/aromatic N) is 2. The molecule has 0 unspecified atom stereocenters. The highest BCUT2D eigenvalue weighted by molar-refractivity contribution is 5.94. The van der Waals surface area contributed by atoms with Gasteiger partial charge in [-0.25, -0.2) is 13.2 Å². The SMILES string of the molecule is O=C(c1ccc(F)c(F)c1F)N1CCN(C2CNC2)CC1. The smallest absolute Gasteiger partial charge is 0.257 e. The second kappa shape index (κ2) is 5.65. The van der Waals surface area contributed by atoms with Crippen LogP contribution in [-0.2, 0) is 0 Å². The zero-order valence-electron chi connectivity index (χ0n) is 11.4. The van der Waals surface area contributed by atoms with Gasteiger partial charge in [-0.3, -0.25) is 9.69 Å². The van der Waals surface area contributed by atoms with Gasteiger partial charge < -0.3 is 10.2 Å². The van der Waals surface area contributed by atoms with E-state index in [0.717, 1.165) is 25.2 Å². The van der Waals surface area contributed by atoms with Crippen molar-refractivity contribution in [1.82, 2.24) is 15.1 Å². The number of halogens is 3. The minimum absolute atomic E-state index is 0.410. The summed E-state index contributed by atoms with van der Waals surface area (Å²) >= 11 is 0. The molecular weight excluding hydrogens is 283 g/mol. The molecule has 0 radical (unpaired) electrons. The molecule has 7 heteroatoms. The predicted octanol–water partition coefficient (Wildman–Crippen LogP) is 0.834. The molecule has 2 heterocycles. The maximum absolute atomic E-state index is 13.7. The molecule has 4 nitrogen and oxygen atoms in total. The molecule has 0 aromatic heterocycles.